The van der Waals surface area contributed by atoms with Gasteiger partial charge in [-0.1, -0.05) is 41.5 Å². The Kier molecular flexibility index (Phi) is 12.0. The number of carbonyl (C=O) groups is 1. The molecule has 0 aliphatic carbocycles. The van der Waals surface area contributed by atoms with Crippen molar-refractivity contribution in [3.8, 4) is 0 Å². The number of aryl methyl sites for hydroxylation is 1. The molecule has 0 aliphatic rings. The molecule has 0 aliphatic heterocycles. The molecule has 2 aromatic rings. The predicted molar refractivity (Wildman–Crippen MR) is 88.6 cm³/mol. The van der Waals surface area contributed by atoms with Crippen LogP contribution in [0.3, 0.4) is 0 Å². The number of nitrogens with zero attached hydrogens (tertiary/aromatic N) is 5. The van der Waals surface area contributed by atoms with E-state index in [-0.39, 0.29) is 5.91 Å². The lowest BCUT2D eigenvalue weighted by atomic mass is 10.5. The lowest BCUT2D eigenvalue weighted by Crippen LogP contribution is -2.27. The Morgan fingerprint density at radius 1 is 1.10 bits per heavy atom. The first-order valence-corrected chi connectivity index (χ1v) is 7.52. The van der Waals surface area contributed by atoms with Gasteiger partial charge in [-0.05, 0) is 6.92 Å². The standard InChI is InChI=1S/C9H11N5O.3C2H6/c1-6-11-8-4-5-10-14(8)9(12-6)13(3)7(2)15;3*1-2/h4-5H,1-3H3;3*1-2H3. The van der Waals surface area contributed by atoms with Crippen LogP contribution in [0.2, 0.25) is 0 Å². The maximum atomic E-state index is 11.2. The van der Waals surface area contributed by atoms with Gasteiger partial charge in [0.05, 0.1) is 6.20 Å². The van der Waals surface area contributed by atoms with E-state index in [0.717, 1.165) is 0 Å². The molecule has 0 unspecified atom stereocenters. The summed E-state index contributed by atoms with van der Waals surface area (Å²) in [4.78, 5) is 21.1. The topological polar surface area (TPSA) is 63.4 Å². The molecule has 0 spiro atoms. The van der Waals surface area contributed by atoms with Gasteiger partial charge in [0.25, 0.3) is 0 Å². The van der Waals surface area contributed by atoms with Gasteiger partial charge in [-0.2, -0.15) is 14.6 Å². The lowest BCUT2D eigenvalue weighted by Gasteiger charge is -2.14. The van der Waals surface area contributed by atoms with Crippen LogP contribution in [0, 0.1) is 6.92 Å². The first-order chi connectivity index (χ1) is 10.1. The Morgan fingerprint density at radius 2 is 1.62 bits per heavy atom. The summed E-state index contributed by atoms with van der Waals surface area (Å²) in [6.07, 6.45) is 1.63. The molecular weight excluding hydrogens is 266 g/mol. The minimum absolute atomic E-state index is 0.0927. The van der Waals surface area contributed by atoms with Crippen molar-refractivity contribution >= 4 is 17.5 Å². The van der Waals surface area contributed by atoms with Crippen molar-refractivity contribution < 1.29 is 4.79 Å². The van der Waals surface area contributed by atoms with E-state index in [4.69, 9.17) is 0 Å². The predicted octanol–water partition coefficient (Wildman–Crippen LogP) is 3.49. The molecule has 0 N–H and O–H groups in total. The fourth-order valence-corrected chi connectivity index (χ4v) is 1.28. The molecule has 0 atom stereocenters. The number of aromatic nitrogens is 4. The van der Waals surface area contributed by atoms with Crippen LogP contribution in [-0.2, 0) is 4.79 Å². The fraction of sp³-hybridized carbons (Fsp3) is 0.600. The van der Waals surface area contributed by atoms with Crippen molar-refractivity contribution in [2.24, 2.45) is 0 Å². The van der Waals surface area contributed by atoms with Gasteiger partial charge < -0.3 is 0 Å². The maximum Gasteiger partial charge on any atom is 0.236 e. The molecule has 2 rings (SSSR count). The van der Waals surface area contributed by atoms with Crippen LogP contribution in [0.5, 0.6) is 0 Å². The second kappa shape index (κ2) is 11.8. The highest BCUT2D eigenvalue weighted by Gasteiger charge is 2.13. The molecule has 0 saturated heterocycles. The molecule has 0 radical (unpaired) electrons. The van der Waals surface area contributed by atoms with E-state index in [1.807, 2.05) is 41.5 Å². The van der Waals surface area contributed by atoms with Crippen molar-refractivity contribution in [1.29, 1.82) is 0 Å². The molecule has 2 heterocycles. The Morgan fingerprint density at radius 3 is 2.10 bits per heavy atom. The van der Waals surface area contributed by atoms with Crippen LogP contribution in [0.25, 0.3) is 5.65 Å². The maximum absolute atomic E-state index is 11.2. The number of hydrogen-bond acceptors (Lipinski definition) is 4. The minimum atomic E-state index is -0.0927. The molecule has 120 valence electrons. The third-order valence-corrected chi connectivity index (χ3v) is 2.12. The van der Waals surface area contributed by atoms with Gasteiger partial charge in [-0.3, -0.25) is 9.69 Å². The zero-order valence-corrected chi connectivity index (χ0v) is 14.8. The summed E-state index contributed by atoms with van der Waals surface area (Å²) in [6, 6.07) is 1.77. The smallest absolute Gasteiger partial charge is 0.236 e. The molecule has 0 saturated carbocycles. The zero-order chi connectivity index (χ0) is 17.0. The van der Waals surface area contributed by atoms with Gasteiger partial charge in [0, 0.05) is 20.0 Å². The Hall–Kier alpha value is -1.98. The zero-order valence-electron chi connectivity index (χ0n) is 14.8. The third kappa shape index (κ3) is 5.89. The Labute approximate surface area is 128 Å². The quantitative estimate of drug-likeness (QED) is 0.808. The summed E-state index contributed by atoms with van der Waals surface area (Å²) in [5.41, 5.74) is 0.686. The van der Waals surface area contributed by atoms with Gasteiger partial charge in [-0.25, -0.2) is 4.98 Å². The number of anilines is 1. The Balaban J connectivity index is 0. The van der Waals surface area contributed by atoms with Crippen molar-refractivity contribution in [1.82, 2.24) is 19.6 Å². The van der Waals surface area contributed by atoms with Crippen molar-refractivity contribution in [2.45, 2.75) is 55.4 Å². The average molecular weight is 295 g/mol. The van der Waals surface area contributed by atoms with Gasteiger partial charge >= 0.3 is 0 Å². The number of carbonyl (C=O) groups excluding carboxylic acids is 1. The molecule has 1 amide bonds. The molecule has 6 heteroatoms. The normalized spacial score (nSPS) is 8.43. The van der Waals surface area contributed by atoms with Crippen molar-refractivity contribution in [3.05, 3.63) is 18.1 Å². The monoisotopic (exact) mass is 295 g/mol. The fourth-order valence-electron chi connectivity index (χ4n) is 1.28. The van der Waals surface area contributed by atoms with Gasteiger partial charge in [0.2, 0.25) is 11.9 Å². The molecule has 0 bridgehead atoms. The number of hydrogen-bond donors (Lipinski definition) is 0. The highest BCUT2D eigenvalue weighted by Crippen LogP contribution is 2.11. The highest BCUT2D eigenvalue weighted by molar-refractivity contribution is 5.89. The van der Waals surface area contributed by atoms with E-state index in [1.165, 1.54) is 16.3 Å². The molecule has 21 heavy (non-hydrogen) atoms. The summed E-state index contributed by atoms with van der Waals surface area (Å²) in [5.74, 6) is 1.01. The van der Waals surface area contributed by atoms with Gasteiger partial charge in [0.15, 0.2) is 5.65 Å². The minimum Gasteiger partial charge on any atom is -0.284 e. The van der Waals surface area contributed by atoms with Crippen LogP contribution in [-0.4, -0.2) is 32.5 Å². The summed E-state index contributed by atoms with van der Waals surface area (Å²) < 4.78 is 1.54. The number of rotatable bonds is 1. The van der Waals surface area contributed by atoms with Crippen LogP contribution < -0.4 is 4.90 Å². The first kappa shape index (κ1) is 21.3. The number of fused-ring (bicyclic) bond motifs is 1. The van der Waals surface area contributed by atoms with Crippen LogP contribution in [0.1, 0.15) is 54.3 Å². The number of amides is 1. The molecule has 6 nitrogen and oxygen atoms in total. The molecular formula is C15H29N5O. The summed E-state index contributed by atoms with van der Waals surface area (Å²) in [7, 11) is 1.66. The van der Waals surface area contributed by atoms with Gasteiger partial charge in [0.1, 0.15) is 5.82 Å². The second-order valence-corrected chi connectivity index (χ2v) is 3.25. The highest BCUT2D eigenvalue weighted by atomic mass is 16.2. The second-order valence-electron chi connectivity index (χ2n) is 3.25. The summed E-state index contributed by atoms with van der Waals surface area (Å²) in [6.45, 7) is 15.3. The van der Waals surface area contributed by atoms with Crippen LogP contribution in [0.4, 0.5) is 5.95 Å². The van der Waals surface area contributed by atoms with Crippen LogP contribution in [0.15, 0.2) is 12.3 Å². The van der Waals surface area contributed by atoms with Crippen LogP contribution >= 0.6 is 0 Å². The van der Waals surface area contributed by atoms with E-state index in [9.17, 15) is 4.79 Å². The lowest BCUT2D eigenvalue weighted by molar-refractivity contribution is -0.116. The van der Waals surface area contributed by atoms with Gasteiger partial charge in [-0.15, -0.1) is 0 Å². The van der Waals surface area contributed by atoms with E-state index >= 15 is 0 Å². The third-order valence-electron chi connectivity index (χ3n) is 2.12. The summed E-state index contributed by atoms with van der Waals surface area (Å²) >= 11 is 0. The van der Waals surface area contributed by atoms with Crippen molar-refractivity contribution in [2.75, 3.05) is 11.9 Å². The van der Waals surface area contributed by atoms with E-state index in [0.29, 0.717) is 17.4 Å². The van der Waals surface area contributed by atoms with E-state index in [1.54, 1.807) is 26.2 Å². The summed E-state index contributed by atoms with van der Waals surface area (Å²) in [5, 5.41) is 4.06. The van der Waals surface area contributed by atoms with Crippen molar-refractivity contribution in [3.63, 3.8) is 0 Å². The van der Waals surface area contributed by atoms with E-state index in [2.05, 4.69) is 15.1 Å². The molecule has 2 aromatic heterocycles. The van der Waals surface area contributed by atoms with E-state index < -0.39 is 0 Å². The average Bonchev–Trinajstić information content (AvgIpc) is 2.99. The molecule has 0 aromatic carbocycles. The first-order valence-electron chi connectivity index (χ1n) is 7.52. The largest absolute Gasteiger partial charge is 0.284 e. The SMILES string of the molecule is CC.CC.CC.CC(=O)N(C)c1nc(C)nc2ccnn12. The molecule has 0 fully saturated rings. The Bertz CT molecular complexity index is 522.